The van der Waals surface area contributed by atoms with Gasteiger partial charge in [0.2, 0.25) is 0 Å². The van der Waals surface area contributed by atoms with Crippen molar-refractivity contribution in [2.24, 2.45) is 0 Å². The molecule has 0 aliphatic rings. The first-order chi connectivity index (χ1) is 9.60. The molecule has 1 nitrogen and oxygen atoms in total. The van der Waals surface area contributed by atoms with E-state index in [9.17, 15) is 0 Å². The van der Waals surface area contributed by atoms with Gasteiger partial charge in [-0.3, -0.25) is 0 Å². The van der Waals surface area contributed by atoms with Crippen LogP contribution >= 0.6 is 11.6 Å². The van der Waals surface area contributed by atoms with E-state index in [1.165, 1.54) is 22.3 Å². The fourth-order valence-electron chi connectivity index (χ4n) is 2.47. The minimum absolute atomic E-state index is 0.368. The molecule has 0 fully saturated rings. The second-order valence-corrected chi connectivity index (χ2v) is 5.76. The lowest BCUT2D eigenvalue weighted by Crippen LogP contribution is -2.20. The van der Waals surface area contributed by atoms with Gasteiger partial charge in [0.15, 0.2) is 0 Å². The van der Waals surface area contributed by atoms with E-state index in [4.69, 9.17) is 11.6 Å². The summed E-state index contributed by atoms with van der Waals surface area (Å²) in [4.78, 5) is 0. The van der Waals surface area contributed by atoms with Crippen molar-refractivity contribution >= 4 is 11.6 Å². The normalized spacial score (nSPS) is 12.4. The van der Waals surface area contributed by atoms with Gasteiger partial charge < -0.3 is 5.32 Å². The molecule has 20 heavy (non-hydrogen) atoms. The highest BCUT2D eigenvalue weighted by molar-refractivity contribution is 6.30. The average molecular weight is 288 g/mol. The van der Waals surface area contributed by atoms with Crippen molar-refractivity contribution in [2.45, 2.75) is 39.8 Å². The van der Waals surface area contributed by atoms with Crippen molar-refractivity contribution in [2.75, 3.05) is 0 Å². The first-order valence-electron chi connectivity index (χ1n) is 7.15. The topological polar surface area (TPSA) is 12.0 Å². The zero-order chi connectivity index (χ0) is 14.5. The van der Waals surface area contributed by atoms with Gasteiger partial charge in [-0.05, 0) is 49.1 Å². The summed E-state index contributed by atoms with van der Waals surface area (Å²) in [5.41, 5.74) is 5.32. The van der Waals surface area contributed by atoms with Gasteiger partial charge in [0.1, 0.15) is 0 Å². The van der Waals surface area contributed by atoms with Crippen molar-refractivity contribution in [3.63, 3.8) is 0 Å². The molecule has 106 valence electrons. The molecule has 0 bridgehead atoms. The van der Waals surface area contributed by atoms with Crippen LogP contribution in [0.1, 0.15) is 41.6 Å². The van der Waals surface area contributed by atoms with Gasteiger partial charge in [-0.25, -0.2) is 0 Å². The second kappa shape index (κ2) is 6.92. The second-order valence-electron chi connectivity index (χ2n) is 5.32. The lowest BCUT2D eigenvalue weighted by Gasteiger charge is -2.18. The third-order valence-electron chi connectivity index (χ3n) is 3.72. The van der Waals surface area contributed by atoms with Crippen LogP contribution in [0, 0.1) is 13.8 Å². The number of nitrogens with one attached hydrogen (secondary N) is 1. The van der Waals surface area contributed by atoms with Crippen molar-refractivity contribution < 1.29 is 0 Å². The quantitative estimate of drug-likeness (QED) is 0.797. The Morgan fingerprint density at radius 2 is 1.75 bits per heavy atom. The number of rotatable bonds is 5. The summed E-state index contributed by atoms with van der Waals surface area (Å²) in [6, 6.07) is 15.1. The molecule has 0 amide bonds. The Morgan fingerprint density at radius 1 is 1.05 bits per heavy atom. The van der Waals surface area contributed by atoms with Crippen LogP contribution in [0.3, 0.4) is 0 Å². The third-order valence-corrected chi connectivity index (χ3v) is 3.97. The van der Waals surface area contributed by atoms with E-state index in [0.717, 1.165) is 18.0 Å². The molecule has 0 saturated heterocycles. The summed E-state index contributed by atoms with van der Waals surface area (Å²) in [6.45, 7) is 7.40. The van der Waals surface area contributed by atoms with E-state index in [0.29, 0.717) is 6.04 Å². The van der Waals surface area contributed by atoms with Crippen molar-refractivity contribution in [1.29, 1.82) is 0 Å². The van der Waals surface area contributed by atoms with E-state index in [2.05, 4.69) is 56.4 Å². The third kappa shape index (κ3) is 3.84. The summed E-state index contributed by atoms with van der Waals surface area (Å²) in [5, 5.41) is 4.43. The monoisotopic (exact) mass is 287 g/mol. The van der Waals surface area contributed by atoms with Crippen LogP contribution < -0.4 is 5.32 Å². The minimum atomic E-state index is 0.368. The molecule has 0 radical (unpaired) electrons. The highest BCUT2D eigenvalue weighted by Crippen LogP contribution is 2.20. The van der Waals surface area contributed by atoms with Crippen molar-refractivity contribution in [3.05, 3.63) is 69.7 Å². The molecular formula is C18H22ClN. The zero-order valence-corrected chi connectivity index (χ0v) is 13.2. The van der Waals surface area contributed by atoms with Crippen molar-refractivity contribution in [1.82, 2.24) is 5.32 Å². The molecule has 2 aromatic rings. The summed E-state index contributed by atoms with van der Waals surface area (Å²) >= 11 is 5.95. The van der Waals surface area contributed by atoms with E-state index >= 15 is 0 Å². The molecule has 0 aliphatic carbocycles. The molecule has 0 spiro atoms. The molecule has 0 saturated carbocycles. The van der Waals surface area contributed by atoms with Gasteiger partial charge in [-0.1, -0.05) is 54.4 Å². The number of benzene rings is 2. The molecule has 1 N–H and O–H groups in total. The summed E-state index contributed by atoms with van der Waals surface area (Å²) < 4.78 is 0. The van der Waals surface area contributed by atoms with Crippen LogP contribution in [0.5, 0.6) is 0 Å². The molecule has 0 aromatic heterocycles. The fourth-order valence-corrected chi connectivity index (χ4v) is 2.60. The van der Waals surface area contributed by atoms with Gasteiger partial charge in [-0.2, -0.15) is 0 Å². The smallest absolute Gasteiger partial charge is 0.0406 e. The molecule has 1 unspecified atom stereocenters. The first-order valence-corrected chi connectivity index (χ1v) is 7.53. The van der Waals surface area contributed by atoms with Crippen LogP contribution in [0.2, 0.25) is 5.02 Å². The Morgan fingerprint density at radius 3 is 2.35 bits per heavy atom. The fraction of sp³-hybridized carbons (Fsp3) is 0.333. The van der Waals surface area contributed by atoms with E-state index in [1.807, 2.05) is 12.1 Å². The SMILES string of the molecule is CCC(NCc1ccc(C)cc1C)c1ccc(Cl)cc1. The van der Waals surface area contributed by atoms with Crippen LogP contribution in [0.25, 0.3) is 0 Å². The van der Waals surface area contributed by atoms with E-state index in [1.54, 1.807) is 0 Å². The van der Waals surface area contributed by atoms with Crippen molar-refractivity contribution in [3.8, 4) is 0 Å². The standard InChI is InChI=1S/C18H22ClN/c1-4-18(15-7-9-17(19)10-8-15)20-12-16-6-5-13(2)11-14(16)3/h5-11,18,20H,4,12H2,1-3H3. The Hall–Kier alpha value is -1.31. The number of halogens is 1. The molecule has 2 rings (SSSR count). The lowest BCUT2D eigenvalue weighted by atomic mass is 10.0. The molecule has 2 heteroatoms. The molecule has 0 heterocycles. The largest absolute Gasteiger partial charge is 0.306 e. The number of aryl methyl sites for hydroxylation is 2. The lowest BCUT2D eigenvalue weighted by molar-refractivity contribution is 0.518. The van der Waals surface area contributed by atoms with Crippen LogP contribution in [0.4, 0.5) is 0 Å². The zero-order valence-electron chi connectivity index (χ0n) is 12.4. The Balaban J connectivity index is 2.05. The molecular weight excluding hydrogens is 266 g/mol. The number of hydrogen-bond acceptors (Lipinski definition) is 1. The molecule has 2 aromatic carbocycles. The summed E-state index contributed by atoms with van der Waals surface area (Å²) in [5.74, 6) is 0. The highest BCUT2D eigenvalue weighted by Gasteiger charge is 2.09. The Bertz CT molecular complexity index is 560. The maximum atomic E-state index is 5.95. The predicted molar refractivity (Wildman–Crippen MR) is 87.2 cm³/mol. The maximum absolute atomic E-state index is 5.95. The highest BCUT2D eigenvalue weighted by atomic mass is 35.5. The van der Waals surface area contributed by atoms with Gasteiger partial charge in [0, 0.05) is 17.6 Å². The predicted octanol–water partition coefficient (Wildman–Crippen LogP) is 5.20. The van der Waals surface area contributed by atoms with E-state index < -0.39 is 0 Å². The Kier molecular flexibility index (Phi) is 5.22. The summed E-state index contributed by atoms with van der Waals surface area (Å²) in [7, 11) is 0. The first kappa shape index (κ1) is 15.1. The van der Waals surface area contributed by atoms with Crippen LogP contribution in [0.15, 0.2) is 42.5 Å². The van der Waals surface area contributed by atoms with Gasteiger partial charge in [0.25, 0.3) is 0 Å². The maximum Gasteiger partial charge on any atom is 0.0406 e. The minimum Gasteiger partial charge on any atom is -0.306 e. The summed E-state index contributed by atoms with van der Waals surface area (Å²) in [6.07, 6.45) is 1.06. The van der Waals surface area contributed by atoms with Gasteiger partial charge in [-0.15, -0.1) is 0 Å². The molecule has 1 atom stereocenters. The van der Waals surface area contributed by atoms with Crippen LogP contribution in [-0.4, -0.2) is 0 Å². The average Bonchev–Trinajstić information content (AvgIpc) is 2.43. The Labute approximate surface area is 127 Å². The van der Waals surface area contributed by atoms with E-state index in [-0.39, 0.29) is 0 Å². The van der Waals surface area contributed by atoms with Gasteiger partial charge >= 0.3 is 0 Å². The van der Waals surface area contributed by atoms with Crippen LogP contribution in [-0.2, 0) is 6.54 Å². The number of hydrogen-bond donors (Lipinski definition) is 1. The molecule has 0 aliphatic heterocycles. The van der Waals surface area contributed by atoms with Gasteiger partial charge in [0.05, 0.1) is 0 Å².